The zero-order valence-electron chi connectivity index (χ0n) is 9.88. The van der Waals surface area contributed by atoms with E-state index in [9.17, 15) is 5.11 Å². The first-order valence-corrected chi connectivity index (χ1v) is 5.35. The van der Waals surface area contributed by atoms with Gasteiger partial charge in [0, 0.05) is 18.0 Å². The molecule has 4 nitrogen and oxygen atoms in total. The second-order valence-electron chi connectivity index (χ2n) is 4.82. The summed E-state index contributed by atoms with van der Waals surface area (Å²) in [7, 11) is 0. The summed E-state index contributed by atoms with van der Waals surface area (Å²) in [6, 6.07) is 3.92. The fraction of sp³-hybridized carbons (Fsp3) is 0.417. The molecule has 0 aliphatic heterocycles. The molecule has 0 aliphatic carbocycles. The molecule has 0 amide bonds. The number of aromatic nitrogens is 3. The van der Waals surface area contributed by atoms with Crippen molar-refractivity contribution in [3.63, 3.8) is 0 Å². The Morgan fingerprint density at radius 2 is 1.88 bits per heavy atom. The van der Waals surface area contributed by atoms with E-state index in [0.29, 0.717) is 0 Å². The minimum Gasteiger partial charge on any atom is -0.391 e. The van der Waals surface area contributed by atoms with Gasteiger partial charge in [-0.15, -0.1) is 0 Å². The topological polar surface area (TPSA) is 43.0 Å². The molecule has 0 atom stereocenters. The standard InChI is InChI=1S/C12H17N3O/c1-12(2,3)15-11(10(9-16)8-13-15)14-6-4-5-7-14/h4-8,16H,9H2,1-3H3. The maximum atomic E-state index is 9.33. The lowest BCUT2D eigenvalue weighted by molar-refractivity contribution is 0.280. The highest BCUT2D eigenvalue weighted by atomic mass is 16.3. The van der Waals surface area contributed by atoms with E-state index in [-0.39, 0.29) is 12.1 Å². The number of rotatable bonds is 2. The molecule has 0 spiro atoms. The van der Waals surface area contributed by atoms with Gasteiger partial charge in [0.25, 0.3) is 0 Å². The van der Waals surface area contributed by atoms with E-state index in [1.807, 2.05) is 33.8 Å². The van der Waals surface area contributed by atoms with E-state index < -0.39 is 0 Å². The van der Waals surface area contributed by atoms with Crippen molar-refractivity contribution >= 4 is 0 Å². The lowest BCUT2D eigenvalue weighted by Crippen LogP contribution is -2.25. The number of nitrogens with zero attached hydrogens (tertiary/aromatic N) is 3. The van der Waals surface area contributed by atoms with E-state index in [4.69, 9.17) is 0 Å². The average Bonchev–Trinajstić information content (AvgIpc) is 2.84. The van der Waals surface area contributed by atoms with Crippen LogP contribution in [-0.4, -0.2) is 19.5 Å². The predicted octanol–water partition coefficient (Wildman–Crippen LogP) is 1.92. The lowest BCUT2D eigenvalue weighted by Gasteiger charge is -2.23. The number of aliphatic hydroxyl groups excluding tert-OH is 1. The van der Waals surface area contributed by atoms with Crippen LogP contribution in [0.4, 0.5) is 0 Å². The molecule has 0 unspecified atom stereocenters. The summed E-state index contributed by atoms with van der Waals surface area (Å²) in [5.74, 6) is 0.931. The molecule has 0 saturated carbocycles. The molecule has 0 saturated heterocycles. The van der Waals surface area contributed by atoms with Crippen LogP contribution in [0.2, 0.25) is 0 Å². The van der Waals surface area contributed by atoms with Crippen LogP contribution in [0.5, 0.6) is 0 Å². The first-order valence-electron chi connectivity index (χ1n) is 5.35. The quantitative estimate of drug-likeness (QED) is 0.838. The molecule has 0 radical (unpaired) electrons. The maximum Gasteiger partial charge on any atom is 0.141 e. The number of hydrogen-bond donors (Lipinski definition) is 1. The van der Waals surface area contributed by atoms with Crippen LogP contribution in [0.15, 0.2) is 30.7 Å². The molecule has 2 heterocycles. The first kappa shape index (κ1) is 11.0. The Bertz CT molecular complexity index is 463. The summed E-state index contributed by atoms with van der Waals surface area (Å²) < 4.78 is 3.91. The summed E-state index contributed by atoms with van der Waals surface area (Å²) in [4.78, 5) is 0. The zero-order valence-corrected chi connectivity index (χ0v) is 9.88. The Morgan fingerprint density at radius 3 is 2.38 bits per heavy atom. The van der Waals surface area contributed by atoms with Crippen LogP contribution in [0, 0.1) is 0 Å². The van der Waals surface area contributed by atoms with Crippen molar-refractivity contribution in [3.8, 4) is 5.82 Å². The third-order valence-electron chi connectivity index (χ3n) is 2.47. The Labute approximate surface area is 95.1 Å². The van der Waals surface area contributed by atoms with E-state index >= 15 is 0 Å². The van der Waals surface area contributed by atoms with Gasteiger partial charge in [-0.2, -0.15) is 5.10 Å². The van der Waals surface area contributed by atoms with Gasteiger partial charge in [-0.3, -0.25) is 0 Å². The van der Waals surface area contributed by atoms with Crippen molar-refractivity contribution < 1.29 is 5.11 Å². The van der Waals surface area contributed by atoms with Crippen LogP contribution >= 0.6 is 0 Å². The van der Waals surface area contributed by atoms with Crippen LogP contribution in [-0.2, 0) is 12.1 Å². The summed E-state index contributed by atoms with van der Waals surface area (Å²) in [5, 5.41) is 13.7. The fourth-order valence-electron chi connectivity index (χ4n) is 1.73. The normalized spacial score (nSPS) is 12.0. The second kappa shape index (κ2) is 3.79. The smallest absolute Gasteiger partial charge is 0.141 e. The summed E-state index contributed by atoms with van der Waals surface area (Å²) in [6.45, 7) is 6.28. The van der Waals surface area contributed by atoms with Gasteiger partial charge < -0.3 is 9.67 Å². The fourth-order valence-corrected chi connectivity index (χ4v) is 1.73. The molecule has 1 N–H and O–H groups in total. The van der Waals surface area contributed by atoms with Gasteiger partial charge in [0.15, 0.2) is 0 Å². The number of aliphatic hydroxyl groups is 1. The molecule has 2 aromatic heterocycles. The molecule has 0 bridgehead atoms. The van der Waals surface area contributed by atoms with Gasteiger partial charge in [0.1, 0.15) is 5.82 Å². The molecule has 4 heteroatoms. The van der Waals surface area contributed by atoms with Crippen LogP contribution in [0.1, 0.15) is 26.3 Å². The third-order valence-corrected chi connectivity index (χ3v) is 2.47. The average molecular weight is 219 g/mol. The van der Waals surface area contributed by atoms with Gasteiger partial charge in [0.05, 0.1) is 18.3 Å². The van der Waals surface area contributed by atoms with Gasteiger partial charge in [-0.05, 0) is 32.9 Å². The monoisotopic (exact) mass is 219 g/mol. The largest absolute Gasteiger partial charge is 0.391 e. The molecular formula is C12H17N3O. The Morgan fingerprint density at radius 1 is 1.25 bits per heavy atom. The van der Waals surface area contributed by atoms with Crippen LogP contribution in [0.3, 0.4) is 0 Å². The maximum absolute atomic E-state index is 9.33. The predicted molar refractivity (Wildman–Crippen MR) is 62.5 cm³/mol. The molecule has 2 aromatic rings. The van der Waals surface area contributed by atoms with E-state index in [1.165, 1.54) is 0 Å². The Kier molecular flexibility index (Phi) is 2.59. The summed E-state index contributed by atoms with van der Waals surface area (Å²) >= 11 is 0. The van der Waals surface area contributed by atoms with Crippen molar-refractivity contribution in [2.75, 3.05) is 0 Å². The molecule has 16 heavy (non-hydrogen) atoms. The highest BCUT2D eigenvalue weighted by molar-refractivity contribution is 5.34. The molecule has 0 aliphatic rings. The molecule has 0 fully saturated rings. The van der Waals surface area contributed by atoms with Gasteiger partial charge in [-0.1, -0.05) is 0 Å². The highest BCUT2D eigenvalue weighted by Gasteiger charge is 2.21. The Hall–Kier alpha value is -1.55. The third kappa shape index (κ3) is 1.76. The van der Waals surface area contributed by atoms with E-state index in [1.54, 1.807) is 6.20 Å². The molecule has 2 rings (SSSR count). The van der Waals surface area contributed by atoms with Gasteiger partial charge in [-0.25, -0.2) is 4.68 Å². The van der Waals surface area contributed by atoms with E-state index in [0.717, 1.165) is 11.4 Å². The summed E-state index contributed by atoms with van der Waals surface area (Å²) in [6.07, 6.45) is 5.64. The van der Waals surface area contributed by atoms with Crippen molar-refractivity contribution in [2.45, 2.75) is 32.9 Å². The van der Waals surface area contributed by atoms with Crippen molar-refractivity contribution in [2.24, 2.45) is 0 Å². The first-order chi connectivity index (χ1) is 7.54. The van der Waals surface area contributed by atoms with Crippen molar-refractivity contribution in [1.29, 1.82) is 0 Å². The van der Waals surface area contributed by atoms with Crippen LogP contribution < -0.4 is 0 Å². The Balaban J connectivity index is 2.61. The molecule has 0 aromatic carbocycles. The van der Waals surface area contributed by atoms with Gasteiger partial charge >= 0.3 is 0 Å². The number of hydrogen-bond acceptors (Lipinski definition) is 2. The highest BCUT2D eigenvalue weighted by Crippen LogP contribution is 2.22. The van der Waals surface area contributed by atoms with E-state index in [2.05, 4.69) is 25.9 Å². The van der Waals surface area contributed by atoms with Gasteiger partial charge in [0.2, 0.25) is 0 Å². The molecular weight excluding hydrogens is 202 g/mol. The molecule has 86 valence electrons. The zero-order chi connectivity index (χ0) is 11.8. The lowest BCUT2D eigenvalue weighted by atomic mass is 10.1. The second-order valence-corrected chi connectivity index (χ2v) is 4.82. The minimum atomic E-state index is -0.104. The SMILES string of the molecule is CC(C)(C)n1ncc(CO)c1-n1cccc1. The summed E-state index contributed by atoms with van der Waals surface area (Å²) in [5.41, 5.74) is 0.735. The van der Waals surface area contributed by atoms with Crippen LogP contribution in [0.25, 0.3) is 5.82 Å². The van der Waals surface area contributed by atoms with Crippen molar-refractivity contribution in [3.05, 3.63) is 36.3 Å². The minimum absolute atomic E-state index is 0.00356. The van der Waals surface area contributed by atoms with Crippen molar-refractivity contribution in [1.82, 2.24) is 14.3 Å².